The number of hydrogen-bond acceptors (Lipinski definition) is 4. The molecule has 9 heteroatoms. The summed E-state index contributed by atoms with van der Waals surface area (Å²) in [5, 5.41) is 7.12. The molecule has 0 radical (unpaired) electrons. The first kappa shape index (κ1) is 23.6. The lowest BCUT2D eigenvalue weighted by molar-refractivity contribution is -0.192. The first-order chi connectivity index (χ1) is 14.2. The van der Waals surface area contributed by atoms with E-state index in [1.54, 1.807) is 0 Å². The van der Waals surface area contributed by atoms with Crippen molar-refractivity contribution in [3.63, 3.8) is 0 Å². The predicted molar refractivity (Wildman–Crippen MR) is 106 cm³/mol. The van der Waals surface area contributed by atoms with Gasteiger partial charge >= 0.3 is 12.1 Å². The number of aliphatic carboxylic acids is 1. The van der Waals surface area contributed by atoms with Gasteiger partial charge in [-0.2, -0.15) is 13.2 Å². The number of alkyl halides is 3. The third kappa shape index (κ3) is 7.00. The molecule has 1 aromatic heterocycles. The fraction of sp³-hybridized carbons (Fsp3) is 0.429. The number of imidazole rings is 1. The van der Waals surface area contributed by atoms with Gasteiger partial charge in [0.05, 0.1) is 19.3 Å². The van der Waals surface area contributed by atoms with Crippen LogP contribution in [0.2, 0.25) is 0 Å². The number of likely N-dealkylation sites (tertiary alicyclic amines) is 1. The van der Waals surface area contributed by atoms with Crippen molar-refractivity contribution in [3.05, 3.63) is 66.8 Å². The predicted octanol–water partition coefficient (Wildman–Crippen LogP) is 3.44. The monoisotopic (exact) mass is 425 g/mol. The summed E-state index contributed by atoms with van der Waals surface area (Å²) in [5.74, 6) is -1.65. The highest BCUT2D eigenvalue weighted by Crippen LogP contribution is 2.26. The molecule has 0 amide bonds. The van der Waals surface area contributed by atoms with Crippen LogP contribution in [0.4, 0.5) is 13.2 Å². The van der Waals surface area contributed by atoms with Gasteiger partial charge in [0.1, 0.15) is 5.82 Å². The minimum atomic E-state index is -5.08. The zero-order chi connectivity index (χ0) is 22.1. The topological polar surface area (TPSA) is 67.6 Å². The Bertz CT molecular complexity index is 809. The van der Waals surface area contributed by atoms with Crippen LogP contribution in [-0.4, -0.2) is 57.0 Å². The van der Waals surface area contributed by atoms with Gasteiger partial charge in [-0.25, -0.2) is 9.78 Å². The number of halogens is 3. The van der Waals surface area contributed by atoms with Crippen LogP contribution in [0.5, 0.6) is 0 Å². The van der Waals surface area contributed by atoms with E-state index in [1.165, 1.54) is 5.56 Å². The molecule has 1 saturated heterocycles. The minimum absolute atomic E-state index is 0.258. The van der Waals surface area contributed by atoms with Crippen molar-refractivity contribution in [2.75, 3.05) is 13.2 Å². The Balaban J connectivity index is 0.000000396. The highest BCUT2D eigenvalue weighted by Gasteiger charge is 2.38. The number of ether oxygens (including phenoxy) is 1. The van der Waals surface area contributed by atoms with Crippen LogP contribution in [0.3, 0.4) is 0 Å². The molecule has 0 bridgehead atoms. The van der Waals surface area contributed by atoms with Crippen molar-refractivity contribution in [1.29, 1.82) is 0 Å². The number of benzene rings is 1. The Morgan fingerprint density at radius 2 is 2.03 bits per heavy atom. The van der Waals surface area contributed by atoms with Crippen LogP contribution in [-0.2, 0) is 29.5 Å². The van der Waals surface area contributed by atoms with E-state index in [4.69, 9.17) is 14.6 Å². The van der Waals surface area contributed by atoms with Crippen LogP contribution in [0, 0.1) is 0 Å². The summed E-state index contributed by atoms with van der Waals surface area (Å²) in [6, 6.07) is 11.0. The van der Waals surface area contributed by atoms with Gasteiger partial charge in [0.25, 0.3) is 0 Å². The number of hydrogen-bond donors (Lipinski definition) is 1. The number of carboxylic acids is 1. The third-order valence-electron chi connectivity index (χ3n) is 4.82. The molecule has 0 aliphatic carbocycles. The Hall–Kier alpha value is -2.65. The van der Waals surface area contributed by atoms with Crippen molar-refractivity contribution in [2.45, 2.75) is 37.7 Å². The van der Waals surface area contributed by atoms with Crippen molar-refractivity contribution in [1.82, 2.24) is 14.5 Å². The lowest BCUT2D eigenvalue weighted by Crippen LogP contribution is -2.38. The fourth-order valence-electron chi connectivity index (χ4n) is 3.32. The maximum atomic E-state index is 10.6. The van der Waals surface area contributed by atoms with Gasteiger partial charge < -0.3 is 14.4 Å². The maximum absolute atomic E-state index is 10.6. The molecular weight excluding hydrogens is 399 g/mol. The number of aromatic nitrogens is 2. The molecular formula is C21H26F3N3O3. The van der Waals surface area contributed by atoms with E-state index in [9.17, 15) is 13.2 Å². The normalized spacial score (nSPS) is 19.2. The molecule has 6 nitrogen and oxygen atoms in total. The molecule has 3 rings (SSSR count). The molecule has 1 N–H and O–H groups in total. The molecule has 0 unspecified atom stereocenters. The van der Waals surface area contributed by atoms with E-state index in [2.05, 4.69) is 58.4 Å². The van der Waals surface area contributed by atoms with Crippen LogP contribution >= 0.6 is 0 Å². The van der Waals surface area contributed by atoms with Crippen molar-refractivity contribution >= 4 is 5.97 Å². The molecule has 0 spiro atoms. The Labute approximate surface area is 173 Å². The summed E-state index contributed by atoms with van der Waals surface area (Å²) in [7, 11) is 2.05. The lowest BCUT2D eigenvalue weighted by atomic mass is 10.0. The van der Waals surface area contributed by atoms with Crippen LogP contribution in [0.1, 0.15) is 17.8 Å². The van der Waals surface area contributed by atoms with Crippen LogP contribution in [0.25, 0.3) is 0 Å². The van der Waals surface area contributed by atoms with E-state index < -0.39 is 12.1 Å². The molecule has 30 heavy (non-hydrogen) atoms. The molecule has 2 heterocycles. The van der Waals surface area contributed by atoms with Crippen molar-refractivity contribution in [2.24, 2.45) is 7.05 Å². The first-order valence-corrected chi connectivity index (χ1v) is 9.49. The Morgan fingerprint density at radius 3 is 2.57 bits per heavy atom. The Morgan fingerprint density at radius 1 is 1.37 bits per heavy atom. The highest BCUT2D eigenvalue weighted by molar-refractivity contribution is 5.73. The number of nitrogens with zero attached hydrogens (tertiary/aromatic N) is 3. The van der Waals surface area contributed by atoms with E-state index >= 15 is 0 Å². The molecule has 1 aliphatic heterocycles. The molecule has 1 fully saturated rings. The number of aryl methyl sites for hydroxylation is 1. The minimum Gasteiger partial charge on any atom is -0.475 e. The van der Waals surface area contributed by atoms with Gasteiger partial charge in [-0.05, 0) is 18.4 Å². The molecule has 2 aromatic rings. The van der Waals surface area contributed by atoms with Gasteiger partial charge in [0.15, 0.2) is 0 Å². The first-order valence-electron chi connectivity index (χ1n) is 9.49. The van der Waals surface area contributed by atoms with Crippen molar-refractivity contribution in [3.8, 4) is 0 Å². The van der Waals surface area contributed by atoms with Gasteiger partial charge in [0.2, 0.25) is 0 Å². The summed E-state index contributed by atoms with van der Waals surface area (Å²) in [4.78, 5) is 15.9. The second-order valence-corrected chi connectivity index (χ2v) is 6.93. The van der Waals surface area contributed by atoms with Crippen molar-refractivity contribution < 1.29 is 27.8 Å². The molecule has 164 valence electrons. The summed E-state index contributed by atoms with van der Waals surface area (Å²) >= 11 is 0. The summed E-state index contributed by atoms with van der Waals surface area (Å²) < 4.78 is 39.9. The fourth-order valence-corrected chi connectivity index (χ4v) is 3.32. The Kier molecular flexibility index (Phi) is 8.61. The summed E-state index contributed by atoms with van der Waals surface area (Å²) in [6.45, 7) is 6.31. The smallest absolute Gasteiger partial charge is 0.475 e. The average molecular weight is 425 g/mol. The molecule has 2 atom stereocenters. The number of carboxylic acid groups (broad SMARTS) is 1. The molecule has 1 aliphatic rings. The zero-order valence-electron chi connectivity index (χ0n) is 16.8. The number of carbonyl (C=O) groups is 1. The summed E-state index contributed by atoms with van der Waals surface area (Å²) in [6.07, 6.45) is 2.95. The number of rotatable bonds is 7. The van der Waals surface area contributed by atoms with Gasteiger partial charge in [-0.15, -0.1) is 6.58 Å². The second-order valence-electron chi connectivity index (χ2n) is 6.93. The van der Waals surface area contributed by atoms with E-state index in [0.717, 1.165) is 31.8 Å². The van der Waals surface area contributed by atoms with E-state index in [1.807, 2.05) is 18.5 Å². The molecule has 0 saturated carbocycles. The van der Waals surface area contributed by atoms with Gasteiger partial charge in [0, 0.05) is 32.0 Å². The van der Waals surface area contributed by atoms with Crippen LogP contribution < -0.4 is 0 Å². The van der Waals surface area contributed by atoms with Gasteiger partial charge in [-0.1, -0.05) is 36.4 Å². The highest BCUT2D eigenvalue weighted by atomic mass is 19.4. The van der Waals surface area contributed by atoms with Gasteiger partial charge in [-0.3, -0.25) is 4.90 Å². The third-order valence-corrected chi connectivity index (χ3v) is 4.82. The van der Waals surface area contributed by atoms with E-state index in [-0.39, 0.29) is 6.10 Å². The standard InChI is InChI=1S/C19H25N3O.C2HF3O2/c1-3-13-23-18-9-11-22(15-19-20-10-12-21(19)2)17(18)14-16-7-5-4-6-8-16;3-2(4,5)1(6)7/h3-8,10,12,17-18H,1,9,11,13-15H2,2H3;(H,6,7)/t17-,18-;/m0./s1. The molecule has 1 aromatic carbocycles. The summed E-state index contributed by atoms with van der Waals surface area (Å²) in [5.41, 5.74) is 1.36. The largest absolute Gasteiger partial charge is 0.490 e. The quantitative estimate of drug-likeness (QED) is 0.689. The maximum Gasteiger partial charge on any atom is 0.490 e. The SMILES string of the molecule is C=CCO[C@H]1CCN(Cc2nccn2C)[C@H]1Cc1ccccc1.O=C(O)C(F)(F)F. The van der Waals surface area contributed by atoms with E-state index in [0.29, 0.717) is 12.6 Å². The second kappa shape index (κ2) is 10.9. The lowest BCUT2D eigenvalue weighted by Gasteiger charge is -2.28. The van der Waals surface area contributed by atoms with Crippen LogP contribution in [0.15, 0.2) is 55.4 Å². The average Bonchev–Trinajstić information content (AvgIpc) is 3.27. The zero-order valence-corrected chi connectivity index (χ0v) is 16.8.